The van der Waals surface area contributed by atoms with Gasteiger partial charge in [-0.05, 0) is 18.6 Å². The molecular weight excluding hydrogens is 258 g/mol. The predicted octanol–water partition coefficient (Wildman–Crippen LogP) is 0.307. The topological polar surface area (TPSA) is 52.4 Å². The molecule has 0 spiro atoms. The molecule has 20 heavy (non-hydrogen) atoms. The third-order valence-electron chi connectivity index (χ3n) is 4.26. The number of fused-ring (bicyclic) bond motifs is 2. The highest BCUT2D eigenvalue weighted by Crippen LogP contribution is 2.47. The molecule has 3 rings (SSSR count). The molecule has 5 nitrogen and oxygen atoms in total. The van der Waals surface area contributed by atoms with E-state index >= 15 is 0 Å². The maximum atomic E-state index is 9.79. The van der Waals surface area contributed by atoms with Gasteiger partial charge in [0.1, 0.15) is 6.04 Å². The van der Waals surface area contributed by atoms with Crippen LogP contribution in [-0.2, 0) is 6.42 Å². The van der Waals surface area contributed by atoms with Gasteiger partial charge in [-0.2, -0.15) is 0 Å². The van der Waals surface area contributed by atoms with Crippen molar-refractivity contribution < 1.29 is 24.2 Å². The number of aliphatic hydroxyl groups is 1. The number of nitrogens with one attached hydrogen (secondary N) is 1. The maximum Gasteiger partial charge on any atom is 0.231 e. The molecule has 1 aromatic carbocycles. The summed E-state index contributed by atoms with van der Waals surface area (Å²) in [6, 6.07) is 2.30. The van der Waals surface area contributed by atoms with Crippen molar-refractivity contribution in [1.82, 2.24) is 0 Å². The summed E-state index contributed by atoms with van der Waals surface area (Å²) in [5, 5.41) is 9.79. The number of hydrogen-bond acceptors (Lipinski definition) is 4. The van der Waals surface area contributed by atoms with E-state index < -0.39 is 0 Å². The van der Waals surface area contributed by atoms with Crippen LogP contribution in [0.5, 0.6) is 17.2 Å². The number of rotatable bonds is 3. The standard InChI is InChI=1S/C15H21NO4/c1-9(17)6-11-13-10(4-5-16(11)2)7-12-14(15(13)18-3)20-8-19-12/h7,9,11,17H,4-6,8H2,1-3H3/p+1/t9-,11-/m1/s1. The van der Waals surface area contributed by atoms with E-state index in [2.05, 4.69) is 13.1 Å². The third kappa shape index (κ3) is 2.11. The second-order valence-electron chi connectivity index (χ2n) is 5.70. The van der Waals surface area contributed by atoms with Crippen molar-refractivity contribution in [3.63, 3.8) is 0 Å². The summed E-state index contributed by atoms with van der Waals surface area (Å²) < 4.78 is 16.7. The molecule has 5 heteroatoms. The molecule has 2 aliphatic heterocycles. The summed E-state index contributed by atoms with van der Waals surface area (Å²) >= 11 is 0. The summed E-state index contributed by atoms with van der Waals surface area (Å²) in [4.78, 5) is 1.40. The van der Waals surface area contributed by atoms with Crippen LogP contribution in [-0.4, -0.2) is 38.7 Å². The van der Waals surface area contributed by atoms with Crippen molar-refractivity contribution in [3.05, 3.63) is 17.2 Å². The summed E-state index contributed by atoms with van der Waals surface area (Å²) in [7, 11) is 3.83. The van der Waals surface area contributed by atoms with Crippen molar-refractivity contribution in [2.24, 2.45) is 0 Å². The first-order chi connectivity index (χ1) is 9.61. The Morgan fingerprint density at radius 2 is 2.30 bits per heavy atom. The van der Waals surface area contributed by atoms with Crippen molar-refractivity contribution in [1.29, 1.82) is 0 Å². The number of likely N-dealkylation sites (N-methyl/N-ethyl adjacent to an activating group) is 1. The molecule has 1 aromatic rings. The lowest BCUT2D eigenvalue weighted by atomic mass is 9.88. The number of benzene rings is 1. The average Bonchev–Trinajstić information content (AvgIpc) is 2.87. The molecule has 2 N–H and O–H groups in total. The van der Waals surface area contributed by atoms with Crippen molar-refractivity contribution >= 4 is 0 Å². The van der Waals surface area contributed by atoms with Crippen LogP contribution in [0.25, 0.3) is 0 Å². The van der Waals surface area contributed by atoms with Gasteiger partial charge in [0.05, 0.1) is 32.4 Å². The Kier molecular flexibility index (Phi) is 3.48. The number of quaternary nitrogens is 1. The predicted molar refractivity (Wildman–Crippen MR) is 73.6 cm³/mol. The van der Waals surface area contributed by atoms with Crippen LogP contribution in [0.2, 0.25) is 0 Å². The zero-order valence-electron chi connectivity index (χ0n) is 12.2. The number of ether oxygens (including phenoxy) is 3. The van der Waals surface area contributed by atoms with E-state index in [1.54, 1.807) is 7.11 Å². The van der Waals surface area contributed by atoms with Gasteiger partial charge in [0.15, 0.2) is 11.5 Å². The molecule has 0 bridgehead atoms. The molecule has 110 valence electrons. The smallest absolute Gasteiger partial charge is 0.231 e. The summed E-state index contributed by atoms with van der Waals surface area (Å²) in [6.07, 6.45) is 1.37. The second kappa shape index (κ2) is 5.14. The first-order valence-corrected chi connectivity index (χ1v) is 7.11. The van der Waals surface area contributed by atoms with Crippen molar-refractivity contribution in [3.8, 4) is 17.2 Å². The Labute approximate surface area is 119 Å². The van der Waals surface area contributed by atoms with E-state index in [4.69, 9.17) is 14.2 Å². The lowest BCUT2D eigenvalue weighted by molar-refractivity contribution is -0.915. The molecule has 2 aliphatic rings. The summed E-state index contributed by atoms with van der Waals surface area (Å²) in [5.74, 6) is 2.26. The van der Waals surface area contributed by atoms with Gasteiger partial charge in [-0.1, -0.05) is 0 Å². The minimum Gasteiger partial charge on any atom is -0.492 e. The van der Waals surface area contributed by atoms with Gasteiger partial charge < -0.3 is 24.2 Å². The molecule has 0 radical (unpaired) electrons. The van der Waals surface area contributed by atoms with E-state index in [1.165, 1.54) is 16.0 Å². The Hall–Kier alpha value is -1.46. The Morgan fingerprint density at radius 3 is 3.00 bits per heavy atom. The quantitative estimate of drug-likeness (QED) is 0.836. The second-order valence-corrected chi connectivity index (χ2v) is 5.70. The van der Waals surface area contributed by atoms with Gasteiger partial charge in [0.25, 0.3) is 0 Å². The van der Waals surface area contributed by atoms with E-state index in [0.717, 1.165) is 30.9 Å². The first-order valence-electron chi connectivity index (χ1n) is 7.11. The molecule has 0 saturated heterocycles. The zero-order chi connectivity index (χ0) is 14.3. The zero-order valence-corrected chi connectivity index (χ0v) is 12.2. The number of hydrogen-bond donors (Lipinski definition) is 2. The summed E-state index contributed by atoms with van der Waals surface area (Å²) in [5.41, 5.74) is 2.42. The van der Waals surface area contributed by atoms with Crippen LogP contribution in [0, 0.1) is 0 Å². The fraction of sp³-hybridized carbons (Fsp3) is 0.600. The monoisotopic (exact) mass is 280 g/mol. The van der Waals surface area contributed by atoms with Gasteiger partial charge in [-0.3, -0.25) is 0 Å². The van der Waals surface area contributed by atoms with Gasteiger partial charge in [0, 0.05) is 12.8 Å². The molecule has 1 unspecified atom stereocenters. The van der Waals surface area contributed by atoms with E-state index in [9.17, 15) is 5.11 Å². The van der Waals surface area contributed by atoms with Crippen LogP contribution in [0.4, 0.5) is 0 Å². The van der Waals surface area contributed by atoms with Crippen LogP contribution in [0.15, 0.2) is 6.07 Å². The highest BCUT2D eigenvalue weighted by molar-refractivity contribution is 5.61. The fourth-order valence-electron chi connectivity index (χ4n) is 3.28. The van der Waals surface area contributed by atoms with Crippen LogP contribution in [0.1, 0.15) is 30.5 Å². The minimum atomic E-state index is -0.337. The molecule has 0 saturated carbocycles. The van der Waals surface area contributed by atoms with Gasteiger partial charge in [0.2, 0.25) is 12.5 Å². The molecule has 2 heterocycles. The van der Waals surface area contributed by atoms with E-state index in [-0.39, 0.29) is 18.9 Å². The number of aliphatic hydroxyl groups excluding tert-OH is 1. The molecule has 0 aliphatic carbocycles. The fourth-order valence-corrected chi connectivity index (χ4v) is 3.28. The SMILES string of the molecule is COc1c2c(cc3c1[C@@H](C[C@@H](C)O)[NH+](C)CC3)OCO2. The lowest BCUT2D eigenvalue weighted by Gasteiger charge is -2.33. The van der Waals surface area contributed by atoms with Gasteiger partial charge in [-0.15, -0.1) is 0 Å². The lowest BCUT2D eigenvalue weighted by Crippen LogP contribution is -3.10. The third-order valence-corrected chi connectivity index (χ3v) is 4.26. The molecule has 0 fully saturated rings. The Morgan fingerprint density at radius 1 is 1.50 bits per heavy atom. The van der Waals surface area contributed by atoms with Gasteiger partial charge >= 0.3 is 0 Å². The van der Waals surface area contributed by atoms with Crippen molar-refractivity contribution in [2.45, 2.75) is 31.9 Å². The van der Waals surface area contributed by atoms with Gasteiger partial charge in [-0.25, -0.2) is 0 Å². The highest BCUT2D eigenvalue weighted by atomic mass is 16.7. The number of methoxy groups -OCH3 is 1. The molecule has 3 atom stereocenters. The summed E-state index contributed by atoms with van der Waals surface area (Å²) in [6.45, 7) is 3.13. The first kappa shape index (κ1) is 13.5. The Balaban J connectivity index is 2.12. The average molecular weight is 280 g/mol. The largest absolute Gasteiger partial charge is 0.492 e. The molecular formula is C15H22NO4+. The minimum absolute atomic E-state index is 0.225. The van der Waals surface area contributed by atoms with E-state index in [1.807, 2.05) is 6.92 Å². The molecule has 0 amide bonds. The van der Waals surface area contributed by atoms with E-state index in [0.29, 0.717) is 5.75 Å². The molecule has 0 aromatic heterocycles. The normalized spacial score (nSPS) is 25.2. The van der Waals surface area contributed by atoms with Crippen LogP contribution < -0.4 is 19.1 Å². The Bertz CT molecular complexity index is 515. The van der Waals surface area contributed by atoms with Crippen LogP contribution >= 0.6 is 0 Å². The highest BCUT2D eigenvalue weighted by Gasteiger charge is 2.36. The van der Waals surface area contributed by atoms with Crippen LogP contribution in [0.3, 0.4) is 0 Å². The van der Waals surface area contributed by atoms with Crippen molar-refractivity contribution in [2.75, 3.05) is 27.5 Å². The maximum absolute atomic E-state index is 9.79.